The van der Waals surface area contributed by atoms with E-state index in [9.17, 15) is 0 Å². The van der Waals surface area contributed by atoms with E-state index in [0.717, 1.165) is 34.3 Å². The Hall–Kier alpha value is -0.0900. The largest absolute Gasteiger partial charge is 0.380 e. The fourth-order valence-corrected chi connectivity index (χ4v) is 2.82. The van der Waals surface area contributed by atoms with Crippen LogP contribution < -0.4 is 5.73 Å². The molecular weight excluding hydrogens is 289 g/mol. The van der Waals surface area contributed by atoms with Gasteiger partial charge in [0.15, 0.2) is 0 Å². The molecule has 0 atom stereocenters. The molecule has 0 aromatic heterocycles. The van der Waals surface area contributed by atoms with Crippen molar-refractivity contribution in [2.45, 2.75) is 31.4 Å². The van der Waals surface area contributed by atoms with Crippen molar-refractivity contribution in [2.75, 3.05) is 7.11 Å². The molecule has 2 rings (SSSR count). The van der Waals surface area contributed by atoms with Crippen LogP contribution in [0.2, 0.25) is 5.02 Å². The van der Waals surface area contributed by atoms with Gasteiger partial charge in [0.05, 0.1) is 6.61 Å². The summed E-state index contributed by atoms with van der Waals surface area (Å²) < 4.78 is 6.10. The Balaban J connectivity index is 2.22. The van der Waals surface area contributed by atoms with E-state index < -0.39 is 0 Å². The highest BCUT2D eigenvalue weighted by Crippen LogP contribution is 2.37. The molecule has 1 aliphatic carbocycles. The van der Waals surface area contributed by atoms with Gasteiger partial charge in [0.2, 0.25) is 0 Å². The number of benzene rings is 1. The lowest BCUT2D eigenvalue weighted by molar-refractivity contribution is 0.184. The average molecular weight is 305 g/mol. The fourth-order valence-electron chi connectivity index (χ4n) is 1.78. The maximum absolute atomic E-state index is 6.21. The topological polar surface area (TPSA) is 35.2 Å². The number of hydrogen-bond acceptors (Lipinski definition) is 2. The van der Waals surface area contributed by atoms with E-state index >= 15 is 0 Å². The third-order valence-corrected chi connectivity index (χ3v) is 3.98. The molecule has 2 nitrogen and oxygen atoms in total. The predicted molar refractivity (Wildman–Crippen MR) is 69.7 cm³/mol. The molecule has 4 heteroatoms. The van der Waals surface area contributed by atoms with Crippen molar-refractivity contribution in [2.24, 2.45) is 5.73 Å². The van der Waals surface area contributed by atoms with Gasteiger partial charge in [-0.2, -0.15) is 0 Å². The molecule has 16 heavy (non-hydrogen) atoms. The van der Waals surface area contributed by atoms with Gasteiger partial charge in [-0.25, -0.2) is 0 Å². The first-order chi connectivity index (χ1) is 7.54. The zero-order chi connectivity index (χ0) is 11.8. The Morgan fingerprint density at radius 2 is 2.19 bits per heavy atom. The monoisotopic (exact) mass is 303 g/mol. The molecule has 0 saturated heterocycles. The van der Waals surface area contributed by atoms with Crippen LogP contribution in [-0.2, 0) is 17.8 Å². The van der Waals surface area contributed by atoms with Crippen LogP contribution in [0.5, 0.6) is 0 Å². The number of nitrogens with two attached hydrogens (primary N) is 1. The third kappa shape index (κ3) is 2.77. The molecule has 0 heterocycles. The van der Waals surface area contributed by atoms with Gasteiger partial charge in [0, 0.05) is 27.7 Å². The maximum Gasteiger partial charge on any atom is 0.0738 e. The second-order valence-corrected chi connectivity index (χ2v) is 5.77. The number of rotatable bonds is 4. The van der Waals surface area contributed by atoms with Crippen molar-refractivity contribution in [1.29, 1.82) is 0 Å². The summed E-state index contributed by atoms with van der Waals surface area (Å²) in [6.45, 7) is 0.521. The predicted octanol–water partition coefficient (Wildman–Crippen LogP) is 3.28. The third-order valence-electron chi connectivity index (χ3n) is 2.94. The summed E-state index contributed by atoms with van der Waals surface area (Å²) in [5.74, 6) is 0. The van der Waals surface area contributed by atoms with E-state index in [4.69, 9.17) is 22.1 Å². The van der Waals surface area contributed by atoms with E-state index in [1.807, 2.05) is 6.07 Å². The Labute approximate surface area is 109 Å². The van der Waals surface area contributed by atoms with E-state index in [1.54, 1.807) is 7.11 Å². The molecule has 1 aromatic rings. The molecular formula is C12H15BrClNO. The molecule has 0 bridgehead atoms. The van der Waals surface area contributed by atoms with Gasteiger partial charge in [0.1, 0.15) is 0 Å². The lowest BCUT2D eigenvalue weighted by atomic mass is 10.0. The zero-order valence-corrected chi connectivity index (χ0v) is 11.6. The Bertz CT molecular complexity index is 381. The van der Waals surface area contributed by atoms with Crippen molar-refractivity contribution in [1.82, 2.24) is 0 Å². The van der Waals surface area contributed by atoms with E-state index in [0.29, 0.717) is 6.61 Å². The van der Waals surface area contributed by atoms with E-state index in [-0.39, 0.29) is 5.54 Å². The summed E-state index contributed by atoms with van der Waals surface area (Å²) in [6, 6.07) is 4.08. The number of halogens is 2. The van der Waals surface area contributed by atoms with E-state index in [1.165, 1.54) is 5.56 Å². The minimum Gasteiger partial charge on any atom is -0.380 e. The van der Waals surface area contributed by atoms with Crippen LogP contribution in [0.15, 0.2) is 16.6 Å². The molecule has 0 unspecified atom stereocenters. The highest BCUT2D eigenvalue weighted by molar-refractivity contribution is 9.10. The van der Waals surface area contributed by atoms with Crippen LogP contribution in [0.25, 0.3) is 0 Å². The highest BCUT2D eigenvalue weighted by Gasteiger charge is 2.38. The van der Waals surface area contributed by atoms with Crippen LogP contribution in [0.1, 0.15) is 24.0 Å². The van der Waals surface area contributed by atoms with Crippen molar-refractivity contribution in [3.8, 4) is 0 Å². The summed E-state index contributed by atoms with van der Waals surface area (Å²) in [6.07, 6.45) is 3.13. The maximum atomic E-state index is 6.21. The summed E-state index contributed by atoms with van der Waals surface area (Å²) >= 11 is 9.73. The van der Waals surface area contributed by atoms with Crippen LogP contribution in [-0.4, -0.2) is 12.6 Å². The molecule has 0 radical (unpaired) electrons. The quantitative estimate of drug-likeness (QED) is 0.926. The first kappa shape index (κ1) is 12.4. The van der Waals surface area contributed by atoms with Crippen molar-refractivity contribution >= 4 is 27.5 Å². The molecule has 0 amide bonds. The standard InChI is InChI=1S/C12H15BrClNO/c1-16-7-9-10(13)4-8(5-11(9)14)6-12(15)2-3-12/h4-5H,2-3,6-7,15H2,1H3. The fraction of sp³-hybridized carbons (Fsp3) is 0.500. The second-order valence-electron chi connectivity index (χ2n) is 4.51. The number of methoxy groups -OCH3 is 1. The Kier molecular flexibility index (Phi) is 3.59. The molecule has 1 aromatic carbocycles. The number of hydrogen-bond donors (Lipinski definition) is 1. The van der Waals surface area contributed by atoms with Gasteiger partial charge in [-0.1, -0.05) is 27.5 Å². The molecule has 2 N–H and O–H groups in total. The summed E-state index contributed by atoms with van der Waals surface area (Å²) in [4.78, 5) is 0. The Morgan fingerprint density at radius 3 is 2.69 bits per heavy atom. The highest BCUT2D eigenvalue weighted by atomic mass is 79.9. The molecule has 1 fully saturated rings. The van der Waals surface area contributed by atoms with Crippen molar-refractivity contribution in [3.05, 3.63) is 32.8 Å². The first-order valence-electron chi connectivity index (χ1n) is 5.29. The van der Waals surface area contributed by atoms with Crippen molar-refractivity contribution < 1.29 is 4.74 Å². The average Bonchev–Trinajstić information content (AvgIpc) is 2.90. The van der Waals surface area contributed by atoms with Gasteiger partial charge in [-0.15, -0.1) is 0 Å². The molecule has 0 aliphatic heterocycles. The summed E-state index contributed by atoms with van der Waals surface area (Å²) in [5.41, 5.74) is 8.30. The van der Waals surface area contributed by atoms with Crippen LogP contribution in [0.3, 0.4) is 0 Å². The Morgan fingerprint density at radius 1 is 1.50 bits per heavy atom. The lowest BCUT2D eigenvalue weighted by Crippen LogP contribution is -2.24. The minimum atomic E-state index is 0.0194. The smallest absolute Gasteiger partial charge is 0.0738 e. The van der Waals surface area contributed by atoms with E-state index in [2.05, 4.69) is 22.0 Å². The minimum absolute atomic E-state index is 0.0194. The SMILES string of the molecule is COCc1c(Cl)cc(CC2(N)CC2)cc1Br. The molecule has 1 aliphatic rings. The van der Waals surface area contributed by atoms with Gasteiger partial charge in [-0.3, -0.25) is 0 Å². The second kappa shape index (κ2) is 4.65. The first-order valence-corrected chi connectivity index (χ1v) is 6.46. The van der Waals surface area contributed by atoms with Gasteiger partial charge >= 0.3 is 0 Å². The normalized spacial score (nSPS) is 17.5. The summed E-state index contributed by atoms with van der Waals surface area (Å²) in [5, 5.41) is 0.746. The molecule has 1 saturated carbocycles. The summed E-state index contributed by atoms with van der Waals surface area (Å²) in [7, 11) is 1.66. The van der Waals surface area contributed by atoms with Gasteiger partial charge < -0.3 is 10.5 Å². The van der Waals surface area contributed by atoms with Crippen molar-refractivity contribution in [3.63, 3.8) is 0 Å². The lowest BCUT2D eigenvalue weighted by Gasteiger charge is -2.12. The van der Waals surface area contributed by atoms with Gasteiger partial charge in [-0.05, 0) is 37.0 Å². The molecule has 88 valence electrons. The van der Waals surface area contributed by atoms with Crippen LogP contribution in [0, 0.1) is 0 Å². The molecule has 0 spiro atoms. The van der Waals surface area contributed by atoms with Crippen LogP contribution >= 0.6 is 27.5 Å². The van der Waals surface area contributed by atoms with Crippen LogP contribution in [0.4, 0.5) is 0 Å². The van der Waals surface area contributed by atoms with Gasteiger partial charge in [0.25, 0.3) is 0 Å². The zero-order valence-electron chi connectivity index (χ0n) is 9.22. The number of ether oxygens (including phenoxy) is 1.